The number of hydrogen-bond donors (Lipinski definition) is 1. The van der Waals surface area contributed by atoms with Gasteiger partial charge < -0.3 is 5.32 Å². The van der Waals surface area contributed by atoms with Crippen LogP contribution in [0.2, 0.25) is 0 Å². The maximum atomic E-state index is 13.6. The van der Waals surface area contributed by atoms with Crippen LogP contribution in [-0.4, -0.2) is 56.2 Å². The summed E-state index contributed by atoms with van der Waals surface area (Å²) in [6, 6.07) is 2.60. The second-order valence-electron chi connectivity index (χ2n) is 9.71. The molecule has 1 saturated heterocycles. The van der Waals surface area contributed by atoms with E-state index in [1.54, 1.807) is 13.2 Å². The van der Waals surface area contributed by atoms with E-state index in [1.807, 2.05) is 0 Å². The van der Waals surface area contributed by atoms with Crippen molar-refractivity contribution in [2.24, 2.45) is 13.0 Å². The molecule has 186 valence electrons. The Morgan fingerprint density at radius 1 is 1.23 bits per heavy atom. The number of aromatic nitrogens is 5. The Hall–Kier alpha value is -2.93. The van der Waals surface area contributed by atoms with E-state index in [1.165, 1.54) is 31.9 Å². The Balaban J connectivity index is 1.24. The largest absolute Gasteiger partial charge is 0.351 e. The first-order valence-corrected chi connectivity index (χ1v) is 13.1. The molecule has 2 saturated carbocycles. The molecule has 0 bridgehead atoms. The molecule has 3 aliphatic rings. The lowest BCUT2D eigenvalue weighted by Crippen LogP contribution is -2.42. The van der Waals surface area contributed by atoms with Crippen LogP contribution in [0.15, 0.2) is 34.3 Å². The SMILES string of the molecule is Cn1ccc(S(=O)(=O)N2CCC(Nc3ncc4cc(C(F)F)c(=O)n(C56CCC5C6)c4n3)CC2)n1. The quantitative estimate of drug-likeness (QED) is 0.546. The maximum Gasteiger partial charge on any atom is 0.269 e. The lowest BCUT2D eigenvalue weighted by molar-refractivity contribution is 0.148. The van der Waals surface area contributed by atoms with Gasteiger partial charge in [-0.15, -0.1) is 0 Å². The number of pyridine rings is 1. The average Bonchev–Trinajstić information content (AvgIpc) is 3.13. The van der Waals surface area contributed by atoms with Gasteiger partial charge in [0.2, 0.25) is 5.95 Å². The van der Waals surface area contributed by atoms with Gasteiger partial charge in [0, 0.05) is 44.0 Å². The summed E-state index contributed by atoms with van der Waals surface area (Å²) < 4.78 is 57.1. The monoisotopic (exact) mass is 505 g/mol. The summed E-state index contributed by atoms with van der Waals surface area (Å²) in [5.74, 6) is 0.641. The van der Waals surface area contributed by atoms with Gasteiger partial charge in [-0.2, -0.15) is 14.4 Å². The molecule has 3 fully saturated rings. The Labute approximate surface area is 200 Å². The minimum Gasteiger partial charge on any atom is -0.351 e. The highest BCUT2D eigenvalue weighted by atomic mass is 32.2. The van der Waals surface area contributed by atoms with E-state index in [0.29, 0.717) is 48.8 Å². The van der Waals surface area contributed by atoms with Gasteiger partial charge in [0.05, 0.1) is 11.1 Å². The third-order valence-electron chi connectivity index (χ3n) is 7.66. The second kappa shape index (κ2) is 7.79. The third-order valence-corrected chi connectivity index (χ3v) is 9.45. The van der Waals surface area contributed by atoms with E-state index >= 15 is 0 Å². The first-order valence-electron chi connectivity index (χ1n) is 11.7. The van der Waals surface area contributed by atoms with Gasteiger partial charge in [0.25, 0.3) is 22.0 Å². The summed E-state index contributed by atoms with van der Waals surface area (Å²) in [5.41, 5.74) is -1.21. The minimum absolute atomic E-state index is 0.0270. The summed E-state index contributed by atoms with van der Waals surface area (Å²) >= 11 is 0. The fourth-order valence-electron chi connectivity index (χ4n) is 5.48. The second-order valence-corrected chi connectivity index (χ2v) is 11.6. The summed E-state index contributed by atoms with van der Waals surface area (Å²) in [6.07, 6.45) is 3.86. The van der Waals surface area contributed by atoms with E-state index in [0.717, 1.165) is 19.3 Å². The number of alkyl halides is 2. The van der Waals surface area contributed by atoms with Crippen LogP contribution in [-0.2, 0) is 22.6 Å². The zero-order chi connectivity index (χ0) is 24.5. The van der Waals surface area contributed by atoms with Gasteiger partial charge in [-0.3, -0.25) is 14.0 Å². The minimum atomic E-state index is -3.65. The lowest BCUT2D eigenvalue weighted by atomic mass is 9.92. The summed E-state index contributed by atoms with van der Waals surface area (Å²) in [5, 5.41) is 7.70. The first kappa shape index (κ1) is 22.5. The fraction of sp³-hybridized carbons (Fsp3) is 0.545. The zero-order valence-corrected chi connectivity index (χ0v) is 19.9. The number of sulfonamides is 1. The molecule has 6 rings (SSSR count). The summed E-state index contributed by atoms with van der Waals surface area (Å²) in [6.45, 7) is 0.634. The molecular formula is C22H25F2N7O3S. The number of piperidine rings is 1. The van der Waals surface area contributed by atoms with Crippen LogP contribution in [0.1, 0.15) is 44.1 Å². The Bertz CT molecular complexity index is 1480. The topological polar surface area (TPSA) is 115 Å². The number of fused-ring (bicyclic) bond motifs is 2. The molecule has 0 spiro atoms. The van der Waals surface area contributed by atoms with Gasteiger partial charge in [0.1, 0.15) is 5.65 Å². The van der Waals surface area contributed by atoms with Gasteiger partial charge >= 0.3 is 0 Å². The number of rotatable bonds is 6. The number of nitrogens with zero attached hydrogens (tertiary/aromatic N) is 6. The molecule has 1 aliphatic heterocycles. The van der Waals surface area contributed by atoms with E-state index in [2.05, 4.69) is 20.4 Å². The van der Waals surface area contributed by atoms with Crippen molar-refractivity contribution in [1.82, 2.24) is 28.6 Å². The number of halogens is 2. The molecule has 3 aromatic heterocycles. The third kappa shape index (κ3) is 3.54. The van der Waals surface area contributed by atoms with E-state index in [-0.39, 0.29) is 11.1 Å². The van der Waals surface area contributed by atoms with Crippen molar-refractivity contribution in [3.05, 3.63) is 40.4 Å². The van der Waals surface area contributed by atoms with Crippen LogP contribution < -0.4 is 10.9 Å². The summed E-state index contributed by atoms with van der Waals surface area (Å²) in [4.78, 5) is 21.9. The molecule has 3 aromatic rings. The highest BCUT2D eigenvalue weighted by Gasteiger charge is 2.63. The Morgan fingerprint density at radius 2 is 2.00 bits per heavy atom. The van der Waals surface area contributed by atoms with Gasteiger partial charge in [-0.25, -0.2) is 22.2 Å². The molecule has 2 unspecified atom stereocenters. The molecule has 0 amide bonds. The van der Waals surface area contributed by atoms with Crippen LogP contribution in [0.4, 0.5) is 14.7 Å². The van der Waals surface area contributed by atoms with Crippen molar-refractivity contribution in [3.8, 4) is 0 Å². The van der Waals surface area contributed by atoms with E-state index in [9.17, 15) is 22.0 Å². The predicted molar refractivity (Wildman–Crippen MR) is 123 cm³/mol. The molecule has 2 atom stereocenters. The Kier molecular flexibility index (Phi) is 5.01. The first-order chi connectivity index (χ1) is 16.7. The number of anilines is 1. The number of nitrogens with one attached hydrogen (secondary N) is 1. The highest BCUT2D eigenvalue weighted by molar-refractivity contribution is 7.89. The van der Waals surface area contributed by atoms with Gasteiger partial charge in [-0.1, -0.05) is 0 Å². The zero-order valence-electron chi connectivity index (χ0n) is 19.1. The smallest absolute Gasteiger partial charge is 0.269 e. The standard InChI is InChI=1S/C22H25F2N7O3S/c1-29-7-5-17(28-29)35(33,34)30-8-3-15(4-9-30)26-21-25-12-13-10-16(18(23)24)20(32)31(19(13)27-21)22-6-2-14(22)11-22/h5,7,10,12,14-15,18H,2-4,6,8-9,11H2,1H3,(H,25,26,27). The van der Waals surface area contributed by atoms with Crippen LogP contribution >= 0.6 is 0 Å². The highest BCUT2D eigenvalue weighted by Crippen LogP contribution is 2.65. The lowest BCUT2D eigenvalue weighted by Gasteiger charge is -2.31. The van der Waals surface area contributed by atoms with Crippen LogP contribution in [0.3, 0.4) is 0 Å². The molecule has 0 aromatic carbocycles. The van der Waals surface area contributed by atoms with Gasteiger partial charge in [-0.05, 0) is 50.2 Å². The van der Waals surface area contributed by atoms with Crippen molar-refractivity contribution in [3.63, 3.8) is 0 Å². The van der Waals surface area contributed by atoms with Crippen LogP contribution in [0, 0.1) is 5.92 Å². The number of aryl methyl sites for hydroxylation is 1. The van der Waals surface area contributed by atoms with Crippen LogP contribution in [0.5, 0.6) is 0 Å². The van der Waals surface area contributed by atoms with Crippen LogP contribution in [0.25, 0.3) is 11.0 Å². The molecule has 0 radical (unpaired) electrons. The van der Waals surface area contributed by atoms with Crippen molar-refractivity contribution in [2.75, 3.05) is 18.4 Å². The van der Waals surface area contributed by atoms with Gasteiger partial charge in [0.15, 0.2) is 5.03 Å². The van der Waals surface area contributed by atoms with Crippen molar-refractivity contribution in [1.29, 1.82) is 0 Å². The number of hydrogen-bond acceptors (Lipinski definition) is 7. The normalized spacial score (nSPS) is 25.0. The summed E-state index contributed by atoms with van der Waals surface area (Å²) in [7, 11) is -1.99. The Morgan fingerprint density at radius 3 is 2.57 bits per heavy atom. The van der Waals surface area contributed by atoms with Crippen molar-refractivity contribution >= 4 is 27.0 Å². The molecule has 10 nitrogen and oxygen atoms in total. The molecule has 1 N–H and O–H groups in total. The molecule has 13 heteroatoms. The molecule has 2 aliphatic carbocycles. The molecule has 35 heavy (non-hydrogen) atoms. The van der Waals surface area contributed by atoms with Crippen molar-refractivity contribution in [2.45, 2.75) is 55.1 Å². The molecular weight excluding hydrogens is 480 g/mol. The molecule has 4 heterocycles. The van der Waals surface area contributed by atoms with E-state index < -0.39 is 33.1 Å². The maximum absolute atomic E-state index is 13.6. The average molecular weight is 506 g/mol. The predicted octanol–water partition coefficient (Wildman–Crippen LogP) is 2.24. The van der Waals surface area contributed by atoms with Crippen molar-refractivity contribution < 1.29 is 17.2 Å². The van der Waals surface area contributed by atoms with E-state index in [4.69, 9.17) is 0 Å². The fourth-order valence-corrected chi connectivity index (χ4v) is 6.90.